The third-order valence-corrected chi connectivity index (χ3v) is 4.70. The molecule has 1 unspecified atom stereocenters. The third kappa shape index (κ3) is 2.22. The van der Waals surface area contributed by atoms with Crippen LogP contribution in [0.5, 0.6) is 0 Å². The maximum absolute atomic E-state index is 12.2. The Balaban J connectivity index is 2.30. The molecule has 5 nitrogen and oxygen atoms in total. The van der Waals surface area contributed by atoms with Crippen LogP contribution in [0.3, 0.4) is 0 Å². The van der Waals surface area contributed by atoms with Gasteiger partial charge in [-0.25, -0.2) is 18.4 Å². The number of nitrogens with zero attached hydrogens (tertiary/aromatic N) is 2. The first-order chi connectivity index (χ1) is 7.60. The number of aryl methyl sites for hydroxylation is 1. The van der Waals surface area contributed by atoms with Gasteiger partial charge in [0.1, 0.15) is 0 Å². The fourth-order valence-corrected chi connectivity index (χ4v) is 3.39. The van der Waals surface area contributed by atoms with Gasteiger partial charge in [-0.05, 0) is 32.4 Å². The van der Waals surface area contributed by atoms with Gasteiger partial charge in [0.15, 0.2) is 0 Å². The highest BCUT2D eigenvalue weighted by molar-refractivity contribution is 7.91. The van der Waals surface area contributed by atoms with Crippen molar-refractivity contribution in [1.29, 1.82) is 0 Å². The van der Waals surface area contributed by atoms with Crippen LogP contribution in [0.4, 0.5) is 0 Å². The summed E-state index contributed by atoms with van der Waals surface area (Å²) in [6, 6.07) is 1.69. The molecule has 0 aromatic carbocycles. The van der Waals surface area contributed by atoms with Gasteiger partial charge in [0, 0.05) is 18.4 Å². The Morgan fingerprint density at radius 2 is 2.31 bits per heavy atom. The van der Waals surface area contributed by atoms with Crippen LogP contribution in [0.15, 0.2) is 17.4 Å². The molecule has 0 spiro atoms. The van der Waals surface area contributed by atoms with Crippen LogP contribution < -0.4 is 5.32 Å². The molecule has 1 aromatic heterocycles. The molecule has 2 rings (SSSR count). The topological polar surface area (TPSA) is 72.0 Å². The van der Waals surface area contributed by atoms with E-state index in [-0.39, 0.29) is 10.4 Å². The molecule has 1 fully saturated rings. The third-order valence-electron chi connectivity index (χ3n) is 2.72. The highest BCUT2D eigenvalue weighted by atomic mass is 32.2. The number of nitrogens with one attached hydrogen (secondary N) is 1. The molecule has 0 amide bonds. The summed E-state index contributed by atoms with van der Waals surface area (Å²) < 4.78 is 24.3. The lowest BCUT2D eigenvalue weighted by Crippen LogP contribution is -2.39. The highest BCUT2D eigenvalue weighted by Crippen LogP contribution is 2.17. The monoisotopic (exact) mass is 241 g/mol. The van der Waals surface area contributed by atoms with Gasteiger partial charge < -0.3 is 5.32 Å². The van der Waals surface area contributed by atoms with E-state index in [1.807, 2.05) is 0 Å². The van der Waals surface area contributed by atoms with E-state index < -0.39 is 9.84 Å². The van der Waals surface area contributed by atoms with Crippen LogP contribution in [0, 0.1) is 6.92 Å². The van der Waals surface area contributed by atoms with Crippen LogP contribution in [0.25, 0.3) is 0 Å². The summed E-state index contributed by atoms with van der Waals surface area (Å²) in [4.78, 5) is 7.85. The highest BCUT2D eigenvalue weighted by Gasteiger charge is 2.31. The largest absolute Gasteiger partial charge is 0.315 e. The van der Waals surface area contributed by atoms with E-state index in [0.717, 1.165) is 13.0 Å². The molecular weight excluding hydrogens is 226 g/mol. The number of aromatic nitrogens is 2. The Labute approximate surface area is 95.2 Å². The zero-order valence-corrected chi connectivity index (χ0v) is 10.00. The molecule has 1 N–H and O–H groups in total. The van der Waals surface area contributed by atoms with Gasteiger partial charge in [-0.2, -0.15) is 0 Å². The SMILES string of the molecule is Cc1ccnc(S(=O)(=O)C2CCCNC2)n1. The molecule has 2 heterocycles. The van der Waals surface area contributed by atoms with Crippen molar-refractivity contribution in [3.63, 3.8) is 0 Å². The van der Waals surface area contributed by atoms with Gasteiger partial charge >= 0.3 is 0 Å². The summed E-state index contributed by atoms with van der Waals surface area (Å²) in [7, 11) is -3.37. The van der Waals surface area contributed by atoms with Crippen molar-refractivity contribution in [2.45, 2.75) is 30.2 Å². The van der Waals surface area contributed by atoms with Crippen LogP contribution in [-0.2, 0) is 9.84 Å². The van der Waals surface area contributed by atoms with Gasteiger partial charge in [0.25, 0.3) is 0 Å². The second-order valence-electron chi connectivity index (χ2n) is 3.99. The van der Waals surface area contributed by atoms with E-state index in [0.29, 0.717) is 18.7 Å². The lowest BCUT2D eigenvalue weighted by molar-refractivity contribution is 0.493. The van der Waals surface area contributed by atoms with Crippen molar-refractivity contribution >= 4 is 9.84 Å². The first-order valence-electron chi connectivity index (χ1n) is 5.35. The van der Waals surface area contributed by atoms with Gasteiger partial charge in [-0.3, -0.25) is 0 Å². The average molecular weight is 241 g/mol. The number of hydrogen-bond donors (Lipinski definition) is 1. The Hall–Kier alpha value is -1.01. The van der Waals surface area contributed by atoms with Crippen LogP contribution in [0.2, 0.25) is 0 Å². The van der Waals surface area contributed by atoms with Crippen LogP contribution >= 0.6 is 0 Å². The van der Waals surface area contributed by atoms with Crippen LogP contribution in [0.1, 0.15) is 18.5 Å². The lowest BCUT2D eigenvalue weighted by atomic mass is 10.2. The molecule has 1 atom stereocenters. The fourth-order valence-electron chi connectivity index (χ4n) is 1.80. The summed E-state index contributed by atoms with van der Waals surface area (Å²) in [6.45, 7) is 3.15. The molecule has 1 aliphatic rings. The summed E-state index contributed by atoms with van der Waals surface area (Å²) >= 11 is 0. The number of sulfone groups is 1. The first-order valence-corrected chi connectivity index (χ1v) is 6.89. The minimum absolute atomic E-state index is 0.0406. The van der Waals surface area contributed by atoms with E-state index in [1.165, 1.54) is 6.20 Å². The molecule has 88 valence electrons. The van der Waals surface area contributed by atoms with Crippen molar-refractivity contribution in [3.8, 4) is 0 Å². The first kappa shape index (κ1) is 11.5. The Bertz CT molecular complexity index is 467. The normalized spacial score (nSPS) is 21.9. The molecule has 0 aliphatic carbocycles. The standard InChI is InChI=1S/C10H15N3O2S/c1-8-4-6-12-10(13-8)16(14,15)9-3-2-5-11-7-9/h4,6,9,11H,2-3,5,7H2,1H3. The van der Waals surface area contributed by atoms with E-state index in [9.17, 15) is 8.42 Å². The van der Waals surface area contributed by atoms with Crippen molar-refractivity contribution in [1.82, 2.24) is 15.3 Å². The van der Waals surface area contributed by atoms with Crippen molar-refractivity contribution in [2.75, 3.05) is 13.1 Å². The molecule has 0 radical (unpaired) electrons. The fraction of sp³-hybridized carbons (Fsp3) is 0.600. The zero-order valence-electron chi connectivity index (χ0n) is 9.18. The predicted octanol–water partition coefficient (Wildman–Crippen LogP) is 0.311. The Morgan fingerprint density at radius 3 is 2.94 bits per heavy atom. The van der Waals surface area contributed by atoms with Crippen LogP contribution in [-0.4, -0.2) is 36.7 Å². The maximum Gasteiger partial charge on any atom is 0.247 e. The molecule has 6 heteroatoms. The average Bonchev–Trinajstić information content (AvgIpc) is 2.30. The van der Waals surface area contributed by atoms with Gasteiger partial charge in [0.2, 0.25) is 15.0 Å². The molecule has 1 aromatic rings. The minimum Gasteiger partial charge on any atom is -0.315 e. The van der Waals surface area contributed by atoms with Crippen molar-refractivity contribution < 1.29 is 8.42 Å². The lowest BCUT2D eigenvalue weighted by Gasteiger charge is -2.21. The number of piperidine rings is 1. The quantitative estimate of drug-likeness (QED) is 0.754. The second-order valence-corrected chi connectivity index (χ2v) is 6.12. The Morgan fingerprint density at radius 1 is 1.50 bits per heavy atom. The molecule has 1 aliphatic heterocycles. The van der Waals surface area contributed by atoms with E-state index >= 15 is 0 Å². The van der Waals surface area contributed by atoms with Gasteiger partial charge in [-0.1, -0.05) is 0 Å². The summed E-state index contributed by atoms with van der Waals surface area (Å²) in [5.74, 6) is 0. The Kier molecular flexibility index (Phi) is 3.20. The summed E-state index contributed by atoms with van der Waals surface area (Å²) in [6.07, 6.45) is 3.06. The zero-order chi connectivity index (χ0) is 11.6. The van der Waals surface area contributed by atoms with E-state index in [4.69, 9.17) is 0 Å². The molecular formula is C10H15N3O2S. The van der Waals surface area contributed by atoms with Gasteiger partial charge in [-0.15, -0.1) is 0 Å². The summed E-state index contributed by atoms with van der Waals surface area (Å²) in [5.41, 5.74) is 0.678. The molecule has 0 bridgehead atoms. The minimum atomic E-state index is -3.37. The number of rotatable bonds is 2. The number of hydrogen-bond acceptors (Lipinski definition) is 5. The summed E-state index contributed by atoms with van der Waals surface area (Å²) in [5, 5.41) is 2.66. The predicted molar refractivity (Wildman–Crippen MR) is 59.8 cm³/mol. The van der Waals surface area contributed by atoms with Gasteiger partial charge in [0.05, 0.1) is 5.25 Å². The second kappa shape index (κ2) is 4.47. The van der Waals surface area contributed by atoms with E-state index in [1.54, 1.807) is 13.0 Å². The van der Waals surface area contributed by atoms with Crippen molar-refractivity contribution in [2.24, 2.45) is 0 Å². The molecule has 16 heavy (non-hydrogen) atoms. The van der Waals surface area contributed by atoms with E-state index in [2.05, 4.69) is 15.3 Å². The maximum atomic E-state index is 12.2. The van der Waals surface area contributed by atoms with Crippen molar-refractivity contribution in [3.05, 3.63) is 18.0 Å². The smallest absolute Gasteiger partial charge is 0.247 e. The molecule has 0 saturated carbocycles. The molecule has 1 saturated heterocycles.